The Labute approximate surface area is 188 Å². The fourth-order valence-corrected chi connectivity index (χ4v) is 3.86. The lowest BCUT2D eigenvalue weighted by Crippen LogP contribution is -2.32. The van der Waals surface area contributed by atoms with Gasteiger partial charge in [0, 0.05) is 41.5 Å². The Morgan fingerprint density at radius 1 is 0.941 bits per heavy atom. The van der Waals surface area contributed by atoms with Crippen LogP contribution in [0.4, 0.5) is 8.78 Å². The van der Waals surface area contributed by atoms with E-state index in [1.54, 1.807) is 6.07 Å². The van der Waals surface area contributed by atoms with Gasteiger partial charge in [-0.05, 0) is 23.8 Å². The van der Waals surface area contributed by atoms with Crippen LogP contribution in [0, 0.1) is 11.6 Å². The Bertz CT molecular complexity index is 1540. The average Bonchev–Trinajstić information content (AvgIpc) is 3.12. The van der Waals surface area contributed by atoms with E-state index >= 15 is 0 Å². The first-order valence-corrected chi connectivity index (χ1v) is 10.0. The summed E-state index contributed by atoms with van der Waals surface area (Å²) in [7, 11) is 0. The highest BCUT2D eigenvalue weighted by molar-refractivity contribution is 6.09. The molecule has 0 radical (unpaired) electrons. The lowest BCUT2D eigenvalue weighted by molar-refractivity contribution is -0.172. The summed E-state index contributed by atoms with van der Waals surface area (Å²) < 4.78 is 34.2. The van der Waals surface area contributed by atoms with Crippen molar-refractivity contribution < 1.29 is 37.5 Å². The number of phenolic OH excluding ortho intramolecular Hbond substituents is 1. The second kappa shape index (κ2) is 7.77. The van der Waals surface area contributed by atoms with Crippen LogP contribution >= 0.6 is 0 Å². The minimum atomic E-state index is -1.10. The molecule has 0 atom stereocenters. The van der Waals surface area contributed by atoms with Crippen LogP contribution in [0.15, 0.2) is 57.7 Å². The van der Waals surface area contributed by atoms with Gasteiger partial charge in [0.15, 0.2) is 17.4 Å². The van der Waals surface area contributed by atoms with Gasteiger partial charge in [-0.15, -0.1) is 5.06 Å². The van der Waals surface area contributed by atoms with Gasteiger partial charge in [0.1, 0.15) is 11.3 Å². The molecular weight excluding hydrogens is 452 g/mol. The third-order valence-electron chi connectivity index (χ3n) is 5.44. The first-order chi connectivity index (χ1) is 16.2. The maximum Gasteiger partial charge on any atom is 0.364 e. The zero-order valence-corrected chi connectivity index (χ0v) is 17.1. The first-order valence-electron chi connectivity index (χ1n) is 10.0. The van der Waals surface area contributed by atoms with Crippen LogP contribution in [0.2, 0.25) is 0 Å². The summed E-state index contributed by atoms with van der Waals surface area (Å²) in [6.45, 7) is 0. The summed E-state index contributed by atoms with van der Waals surface area (Å²) in [4.78, 5) is 53.6. The zero-order valence-electron chi connectivity index (χ0n) is 17.1. The van der Waals surface area contributed by atoms with E-state index in [4.69, 9.17) is 9.25 Å². The highest BCUT2D eigenvalue weighted by atomic mass is 19.1. The second-order valence-electron chi connectivity index (χ2n) is 7.56. The molecule has 10 heteroatoms. The molecule has 170 valence electrons. The maximum atomic E-state index is 14.3. The first kappa shape index (κ1) is 21.3. The van der Waals surface area contributed by atoms with Crippen LogP contribution in [0.5, 0.6) is 5.75 Å². The smallest absolute Gasteiger partial charge is 0.364 e. The van der Waals surface area contributed by atoms with Gasteiger partial charge < -0.3 is 14.4 Å². The molecule has 2 aliphatic heterocycles. The summed E-state index contributed by atoms with van der Waals surface area (Å²) in [5, 5.41) is 10.3. The summed E-state index contributed by atoms with van der Waals surface area (Å²) in [5.74, 6) is -5.30. The number of nitrogens with zero attached hydrogens (tertiary/aromatic N) is 1. The van der Waals surface area contributed by atoms with E-state index in [1.165, 1.54) is 18.2 Å². The molecule has 2 amide bonds. The molecule has 1 N–H and O–H groups in total. The lowest BCUT2D eigenvalue weighted by atomic mass is 9.90. The molecule has 0 aromatic heterocycles. The van der Waals surface area contributed by atoms with Gasteiger partial charge >= 0.3 is 5.97 Å². The third-order valence-corrected chi connectivity index (χ3v) is 5.44. The molecule has 2 aromatic rings. The normalized spacial score (nSPS) is 13.8. The van der Waals surface area contributed by atoms with Crippen molar-refractivity contribution in [3.05, 3.63) is 76.0 Å². The van der Waals surface area contributed by atoms with Crippen LogP contribution < -0.4 is 5.43 Å². The van der Waals surface area contributed by atoms with Gasteiger partial charge in [-0.1, -0.05) is 18.2 Å². The Morgan fingerprint density at radius 2 is 1.65 bits per heavy atom. The molecule has 8 nitrogen and oxygen atoms in total. The molecular formula is C24H13F2NO7. The number of phenols is 1. The Kier molecular flexibility index (Phi) is 4.85. The molecule has 34 heavy (non-hydrogen) atoms. The van der Waals surface area contributed by atoms with Crippen molar-refractivity contribution in [2.75, 3.05) is 0 Å². The molecule has 1 saturated heterocycles. The number of aromatic hydroxyl groups is 1. The standard InChI is InChI=1S/C24H13F2NO7/c25-15-7-13-19(9-17(15)28)33-20-10-18(29)16(26)8-14(20)23(13)11-3-1-2-4-12(11)24(32)34-27-21(30)5-6-22(27)31/h1-4,7-10,28H,5-6H2. The fourth-order valence-electron chi connectivity index (χ4n) is 3.86. The van der Waals surface area contributed by atoms with E-state index in [0.717, 1.165) is 24.3 Å². The van der Waals surface area contributed by atoms with Gasteiger partial charge in [-0.2, -0.15) is 0 Å². The van der Waals surface area contributed by atoms with Crippen LogP contribution in [0.3, 0.4) is 0 Å². The Morgan fingerprint density at radius 3 is 2.38 bits per heavy atom. The molecule has 1 fully saturated rings. The number of imide groups is 1. The summed E-state index contributed by atoms with van der Waals surface area (Å²) in [6.07, 6.45) is -0.189. The second-order valence-corrected chi connectivity index (χ2v) is 7.56. The highest BCUT2D eigenvalue weighted by Gasteiger charge is 2.34. The average molecular weight is 465 g/mol. The van der Waals surface area contributed by atoms with Crippen molar-refractivity contribution in [1.29, 1.82) is 0 Å². The van der Waals surface area contributed by atoms with Gasteiger partial charge in [0.2, 0.25) is 5.43 Å². The van der Waals surface area contributed by atoms with Gasteiger partial charge in [0.25, 0.3) is 11.8 Å². The highest BCUT2D eigenvalue weighted by Crippen LogP contribution is 2.43. The number of hydroxylamine groups is 2. The Hall–Kier alpha value is -4.60. The number of hydrogen-bond donors (Lipinski definition) is 1. The zero-order chi connectivity index (χ0) is 24.1. The van der Waals surface area contributed by atoms with E-state index in [9.17, 15) is 33.1 Å². The van der Waals surface area contributed by atoms with E-state index in [1.807, 2.05) is 0 Å². The van der Waals surface area contributed by atoms with E-state index in [2.05, 4.69) is 0 Å². The summed E-state index contributed by atoms with van der Waals surface area (Å²) >= 11 is 0. The minimum Gasteiger partial charge on any atom is -0.505 e. The molecule has 3 aliphatic rings. The van der Waals surface area contributed by atoms with E-state index < -0.39 is 40.6 Å². The van der Waals surface area contributed by atoms with Gasteiger partial charge in [-0.25, -0.2) is 13.6 Å². The fraction of sp³-hybridized carbons (Fsp3) is 0.0833. The van der Waals surface area contributed by atoms with Crippen LogP contribution in [-0.4, -0.2) is 28.0 Å². The van der Waals surface area contributed by atoms with Gasteiger partial charge in [0.05, 0.1) is 5.56 Å². The predicted octanol–water partition coefficient (Wildman–Crippen LogP) is 3.77. The molecule has 2 heterocycles. The number of benzene rings is 3. The van der Waals surface area contributed by atoms with Gasteiger partial charge in [-0.3, -0.25) is 14.4 Å². The van der Waals surface area contributed by atoms with E-state index in [-0.39, 0.29) is 51.8 Å². The molecule has 0 unspecified atom stereocenters. The summed E-state index contributed by atoms with van der Waals surface area (Å²) in [5.41, 5.74) is -0.833. The number of amides is 2. The number of carbonyl (C=O) groups excluding carboxylic acids is 3. The maximum absolute atomic E-state index is 14.3. The lowest BCUT2D eigenvalue weighted by Gasteiger charge is -2.18. The van der Waals surface area contributed by atoms with Crippen molar-refractivity contribution in [2.45, 2.75) is 12.8 Å². The molecule has 5 rings (SSSR count). The SMILES string of the molecule is O=C(ON1C(=O)CCC1=O)c1ccccc1-c1c2cc(F)c(=O)cc-2oc2cc(O)c(F)cc12. The number of rotatable bonds is 3. The monoisotopic (exact) mass is 465 g/mol. The predicted molar refractivity (Wildman–Crippen MR) is 113 cm³/mol. The third kappa shape index (κ3) is 3.36. The molecule has 1 aliphatic carbocycles. The molecule has 0 bridgehead atoms. The van der Waals surface area contributed by atoms with Crippen molar-refractivity contribution in [3.8, 4) is 28.2 Å². The Balaban J connectivity index is 1.78. The van der Waals surface area contributed by atoms with Crippen molar-refractivity contribution in [2.24, 2.45) is 0 Å². The topological polar surface area (TPSA) is 114 Å². The molecule has 0 spiro atoms. The van der Waals surface area contributed by atoms with Crippen molar-refractivity contribution in [3.63, 3.8) is 0 Å². The minimum absolute atomic E-state index is 0.0412. The summed E-state index contributed by atoms with van der Waals surface area (Å²) in [6, 6.07) is 9.59. The largest absolute Gasteiger partial charge is 0.505 e. The number of hydrogen-bond acceptors (Lipinski definition) is 7. The number of halogens is 2. The number of carbonyl (C=O) groups is 3. The molecule has 2 aromatic carbocycles. The van der Waals surface area contributed by atoms with Crippen LogP contribution in [0.1, 0.15) is 23.2 Å². The quantitative estimate of drug-likeness (QED) is 0.362. The number of fused-ring (bicyclic) bond motifs is 2. The van der Waals surface area contributed by atoms with Crippen molar-refractivity contribution in [1.82, 2.24) is 5.06 Å². The van der Waals surface area contributed by atoms with Crippen molar-refractivity contribution >= 4 is 28.8 Å². The van der Waals surface area contributed by atoms with E-state index in [0.29, 0.717) is 5.06 Å². The van der Waals surface area contributed by atoms with Crippen LogP contribution in [0.25, 0.3) is 33.4 Å². The van der Waals surface area contributed by atoms with Crippen LogP contribution in [-0.2, 0) is 14.4 Å². The molecule has 0 saturated carbocycles.